The number of aryl methyl sites for hydroxylation is 1. The molecule has 0 spiro atoms. The molecular formula is C20H25NO3. The molecule has 0 unspecified atom stereocenters. The second-order valence-corrected chi connectivity index (χ2v) is 6.45. The van der Waals surface area contributed by atoms with Crippen molar-refractivity contribution in [1.82, 2.24) is 0 Å². The number of hydrogen-bond donors (Lipinski definition) is 1. The fourth-order valence-corrected chi connectivity index (χ4v) is 2.53. The number of nitrogens with two attached hydrogens (primary N) is 1. The molecule has 128 valence electrons. The summed E-state index contributed by atoms with van der Waals surface area (Å²) in [6, 6.07) is 18.2. The van der Waals surface area contributed by atoms with E-state index in [0.717, 1.165) is 30.6 Å². The Kier molecular flexibility index (Phi) is 6.24. The zero-order valence-corrected chi connectivity index (χ0v) is 14.3. The Morgan fingerprint density at radius 2 is 1.67 bits per heavy atom. The molecule has 4 heteroatoms. The topological polar surface area (TPSA) is 61.6 Å². The van der Waals surface area contributed by atoms with Crippen molar-refractivity contribution in [3.05, 3.63) is 65.7 Å². The van der Waals surface area contributed by atoms with Crippen LogP contribution in [0, 0.1) is 0 Å². The molecule has 0 bridgehead atoms. The van der Waals surface area contributed by atoms with Crippen LogP contribution in [0.15, 0.2) is 54.6 Å². The first-order chi connectivity index (χ1) is 11.4. The molecule has 0 fully saturated rings. The summed E-state index contributed by atoms with van der Waals surface area (Å²) in [6.45, 7) is 4.31. The summed E-state index contributed by atoms with van der Waals surface area (Å²) in [5.41, 5.74) is 6.93. The number of rotatable bonds is 8. The molecule has 0 radical (unpaired) electrons. The van der Waals surface area contributed by atoms with Crippen LogP contribution in [0.5, 0.6) is 5.75 Å². The van der Waals surface area contributed by atoms with Crippen molar-refractivity contribution in [2.24, 2.45) is 5.73 Å². The molecule has 2 N–H and O–H groups in total. The first kappa shape index (κ1) is 17.9. The molecule has 2 aromatic carbocycles. The standard InChI is InChI=1S/C20H25NO3/c1-20(2,24-19(21)22)14-6-9-16-10-12-18(13-11-16)23-15-17-7-4-3-5-8-17/h3-5,7-8,10-13H,6,9,14-15H2,1-2H3,(H2,21,22). The Bertz CT molecular complexity index is 636. The van der Waals surface area contributed by atoms with Crippen LogP contribution in [0.3, 0.4) is 0 Å². The highest BCUT2D eigenvalue weighted by Crippen LogP contribution is 2.20. The number of carbonyl (C=O) groups excluding carboxylic acids is 1. The van der Waals surface area contributed by atoms with Crippen LogP contribution in [0.25, 0.3) is 0 Å². The fraction of sp³-hybridized carbons (Fsp3) is 0.350. The van der Waals surface area contributed by atoms with E-state index in [-0.39, 0.29) is 0 Å². The molecule has 24 heavy (non-hydrogen) atoms. The van der Waals surface area contributed by atoms with Gasteiger partial charge in [-0.1, -0.05) is 42.5 Å². The van der Waals surface area contributed by atoms with Crippen molar-refractivity contribution in [3.63, 3.8) is 0 Å². The van der Waals surface area contributed by atoms with Gasteiger partial charge in [-0.3, -0.25) is 0 Å². The lowest BCUT2D eigenvalue weighted by Gasteiger charge is -2.23. The summed E-state index contributed by atoms with van der Waals surface area (Å²) in [5.74, 6) is 0.861. The van der Waals surface area contributed by atoms with E-state index >= 15 is 0 Å². The first-order valence-electron chi connectivity index (χ1n) is 8.19. The summed E-state index contributed by atoms with van der Waals surface area (Å²) >= 11 is 0. The molecule has 0 aliphatic carbocycles. The van der Waals surface area contributed by atoms with Crippen molar-refractivity contribution >= 4 is 6.09 Å². The van der Waals surface area contributed by atoms with E-state index in [1.54, 1.807) is 0 Å². The van der Waals surface area contributed by atoms with Gasteiger partial charge in [0.1, 0.15) is 18.0 Å². The van der Waals surface area contributed by atoms with Crippen LogP contribution in [0.1, 0.15) is 37.8 Å². The van der Waals surface area contributed by atoms with Crippen LogP contribution in [0.2, 0.25) is 0 Å². The summed E-state index contributed by atoms with van der Waals surface area (Å²) < 4.78 is 10.9. The number of amides is 1. The smallest absolute Gasteiger partial charge is 0.405 e. The Morgan fingerprint density at radius 3 is 2.29 bits per heavy atom. The van der Waals surface area contributed by atoms with Gasteiger partial charge in [0.25, 0.3) is 0 Å². The molecule has 0 aliphatic rings. The largest absolute Gasteiger partial charge is 0.489 e. The molecule has 0 heterocycles. The number of primary amides is 1. The number of ether oxygens (including phenoxy) is 2. The fourth-order valence-electron chi connectivity index (χ4n) is 2.53. The molecule has 2 aromatic rings. The summed E-state index contributed by atoms with van der Waals surface area (Å²) in [7, 11) is 0. The monoisotopic (exact) mass is 327 g/mol. The minimum Gasteiger partial charge on any atom is -0.489 e. The van der Waals surface area contributed by atoms with E-state index < -0.39 is 11.7 Å². The molecule has 0 saturated heterocycles. The lowest BCUT2D eigenvalue weighted by molar-refractivity contribution is 0.0378. The normalized spacial score (nSPS) is 11.1. The zero-order chi connectivity index (χ0) is 17.4. The highest BCUT2D eigenvalue weighted by molar-refractivity contribution is 5.65. The summed E-state index contributed by atoms with van der Waals surface area (Å²) in [5, 5.41) is 0. The minimum absolute atomic E-state index is 0.523. The molecule has 4 nitrogen and oxygen atoms in total. The first-order valence-corrected chi connectivity index (χ1v) is 8.19. The predicted octanol–water partition coefficient (Wildman–Crippen LogP) is 4.46. The van der Waals surface area contributed by atoms with Crippen molar-refractivity contribution in [2.75, 3.05) is 0 Å². The van der Waals surface area contributed by atoms with E-state index in [1.165, 1.54) is 5.56 Å². The summed E-state index contributed by atoms with van der Waals surface area (Å²) in [4.78, 5) is 10.8. The SMILES string of the molecule is CC(C)(CCCc1ccc(OCc2ccccc2)cc1)OC(N)=O. The van der Waals surface area contributed by atoms with E-state index in [4.69, 9.17) is 15.2 Å². The minimum atomic E-state index is -0.722. The van der Waals surface area contributed by atoms with Gasteiger partial charge in [0.05, 0.1) is 0 Å². The van der Waals surface area contributed by atoms with Gasteiger partial charge in [-0.2, -0.15) is 0 Å². The molecule has 2 rings (SSSR count). The highest BCUT2D eigenvalue weighted by Gasteiger charge is 2.20. The van der Waals surface area contributed by atoms with Crippen molar-refractivity contribution in [1.29, 1.82) is 0 Å². The quantitative estimate of drug-likeness (QED) is 0.778. The van der Waals surface area contributed by atoms with Crippen molar-refractivity contribution in [3.8, 4) is 5.75 Å². The maximum absolute atomic E-state index is 10.8. The van der Waals surface area contributed by atoms with Gasteiger partial charge < -0.3 is 15.2 Å². The average Bonchev–Trinajstić information content (AvgIpc) is 2.54. The molecule has 1 amide bonds. The van der Waals surface area contributed by atoms with Crippen LogP contribution in [0.4, 0.5) is 4.79 Å². The molecule has 0 saturated carbocycles. The number of benzene rings is 2. The summed E-state index contributed by atoms with van der Waals surface area (Å²) in [6.07, 6.45) is 1.89. The maximum Gasteiger partial charge on any atom is 0.405 e. The van der Waals surface area contributed by atoms with E-state index in [0.29, 0.717) is 6.61 Å². The van der Waals surface area contributed by atoms with Crippen molar-refractivity contribution < 1.29 is 14.3 Å². The molecule has 0 aliphatic heterocycles. The van der Waals surface area contributed by atoms with E-state index in [2.05, 4.69) is 12.1 Å². The Balaban J connectivity index is 1.76. The van der Waals surface area contributed by atoms with Crippen LogP contribution in [-0.2, 0) is 17.8 Å². The van der Waals surface area contributed by atoms with Gasteiger partial charge in [-0.05, 0) is 56.4 Å². The van der Waals surface area contributed by atoms with Crippen LogP contribution >= 0.6 is 0 Å². The second kappa shape index (κ2) is 8.39. The van der Waals surface area contributed by atoms with Crippen LogP contribution in [-0.4, -0.2) is 11.7 Å². The molecular weight excluding hydrogens is 302 g/mol. The van der Waals surface area contributed by atoms with Gasteiger partial charge in [0.2, 0.25) is 0 Å². The third-order valence-electron chi connectivity index (χ3n) is 3.79. The van der Waals surface area contributed by atoms with E-state index in [1.807, 2.05) is 56.3 Å². The number of hydrogen-bond acceptors (Lipinski definition) is 3. The van der Waals surface area contributed by atoms with Gasteiger partial charge in [-0.25, -0.2) is 4.79 Å². The zero-order valence-electron chi connectivity index (χ0n) is 14.3. The maximum atomic E-state index is 10.8. The van der Waals surface area contributed by atoms with Gasteiger partial charge >= 0.3 is 6.09 Å². The van der Waals surface area contributed by atoms with Crippen molar-refractivity contribution in [2.45, 2.75) is 45.3 Å². The molecule has 0 atom stereocenters. The number of carbonyl (C=O) groups is 1. The van der Waals surface area contributed by atoms with Gasteiger partial charge in [0.15, 0.2) is 0 Å². The Labute approximate surface area is 143 Å². The van der Waals surface area contributed by atoms with Crippen LogP contribution < -0.4 is 10.5 Å². The van der Waals surface area contributed by atoms with Gasteiger partial charge in [0, 0.05) is 0 Å². The third-order valence-corrected chi connectivity index (χ3v) is 3.79. The Hall–Kier alpha value is -2.49. The predicted molar refractivity (Wildman–Crippen MR) is 94.9 cm³/mol. The third kappa shape index (κ3) is 6.32. The van der Waals surface area contributed by atoms with E-state index in [9.17, 15) is 4.79 Å². The lowest BCUT2D eigenvalue weighted by Crippen LogP contribution is -2.31. The second-order valence-electron chi connectivity index (χ2n) is 6.45. The Morgan fingerprint density at radius 1 is 1.00 bits per heavy atom. The van der Waals surface area contributed by atoms with Gasteiger partial charge in [-0.15, -0.1) is 0 Å². The highest BCUT2D eigenvalue weighted by atomic mass is 16.6. The average molecular weight is 327 g/mol. The lowest BCUT2D eigenvalue weighted by atomic mass is 9.98. The molecule has 0 aromatic heterocycles.